The van der Waals surface area contributed by atoms with Gasteiger partial charge in [-0.25, -0.2) is 9.97 Å². The molecule has 2 saturated carbocycles. The molecule has 8 rings (SSSR count). The fourth-order valence-corrected chi connectivity index (χ4v) is 11.6. The van der Waals surface area contributed by atoms with Crippen molar-refractivity contribution in [2.45, 2.75) is 70.0 Å². The van der Waals surface area contributed by atoms with Gasteiger partial charge in [-0.3, -0.25) is 24.0 Å². The van der Waals surface area contributed by atoms with Crippen molar-refractivity contribution in [1.82, 2.24) is 29.6 Å². The highest BCUT2D eigenvalue weighted by atomic mass is 32.2. The molecular weight excluding hydrogens is 934 g/mol. The molecule has 0 atom stereocenters. The fourth-order valence-electron chi connectivity index (χ4n) is 7.39. The smallest absolute Gasteiger partial charge is 0.417 e. The zero-order valence-corrected chi connectivity index (χ0v) is 39.6. The van der Waals surface area contributed by atoms with E-state index in [1.54, 1.807) is 32.9 Å². The molecule has 4 aromatic rings. The zero-order valence-electron chi connectivity index (χ0n) is 36.4. The molecule has 4 heterocycles. The van der Waals surface area contributed by atoms with E-state index in [0.717, 1.165) is 80.7 Å². The van der Waals surface area contributed by atoms with E-state index < -0.39 is 23.2 Å². The first-order chi connectivity index (χ1) is 31.6. The summed E-state index contributed by atoms with van der Waals surface area (Å²) in [5.41, 5.74) is 0.346. The Labute approximate surface area is 396 Å². The maximum Gasteiger partial charge on any atom is 0.417 e. The van der Waals surface area contributed by atoms with Gasteiger partial charge in [0.05, 0.1) is 44.1 Å². The molecule has 14 nitrogen and oxygen atoms in total. The number of alkyl halides is 3. The van der Waals surface area contributed by atoms with Gasteiger partial charge in [-0.1, -0.05) is 52.8 Å². The number of carbonyl (C=O) groups excluding carboxylic acids is 5. The van der Waals surface area contributed by atoms with Crippen molar-refractivity contribution in [3.8, 4) is 5.75 Å². The third-order valence-electron chi connectivity index (χ3n) is 11.5. The Morgan fingerprint density at radius 3 is 1.98 bits per heavy atom. The lowest BCUT2D eigenvalue weighted by molar-refractivity contribution is -0.138. The minimum atomic E-state index is -4.83. The number of aromatic nitrogens is 2. The number of benzene rings is 2. The molecule has 66 heavy (non-hydrogen) atoms. The molecule has 2 N–H and O–H groups in total. The molecule has 5 amide bonds. The molecular formula is C45H47F3N8O6S4. The normalized spacial score (nSPS) is 16.7. The number of amides is 5. The van der Waals surface area contributed by atoms with Gasteiger partial charge in [-0.05, 0) is 87.1 Å². The highest BCUT2D eigenvalue weighted by Gasteiger charge is 2.38. The van der Waals surface area contributed by atoms with E-state index in [2.05, 4.69) is 27.2 Å². The summed E-state index contributed by atoms with van der Waals surface area (Å²) in [6.07, 6.45) is 4.82. The van der Waals surface area contributed by atoms with Crippen LogP contribution in [0.5, 0.6) is 5.75 Å². The Balaban J connectivity index is 0.963. The van der Waals surface area contributed by atoms with Crippen LogP contribution in [0.1, 0.15) is 68.8 Å². The summed E-state index contributed by atoms with van der Waals surface area (Å²) in [6.45, 7) is 8.43. The van der Waals surface area contributed by atoms with Gasteiger partial charge in [0.15, 0.2) is 10.3 Å². The first-order valence-electron chi connectivity index (χ1n) is 21.4. The van der Waals surface area contributed by atoms with Crippen LogP contribution < -0.4 is 15.4 Å². The number of nitrogens with one attached hydrogen (secondary N) is 2. The molecule has 4 fully saturated rings. The first kappa shape index (κ1) is 47.1. The number of carbonyl (C=O) groups is 5. The van der Waals surface area contributed by atoms with Crippen molar-refractivity contribution in [2.75, 3.05) is 70.1 Å². The molecule has 2 aromatic heterocycles. The van der Waals surface area contributed by atoms with Crippen LogP contribution in [0.2, 0.25) is 0 Å². The third-order valence-corrected chi connectivity index (χ3v) is 16.0. The zero-order chi connectivity index (χ0) is 46.9. The molecule has 0 unspecified atom stereocenters. The highest BCUT2D eigenvalue weighted by Crippen LogP contribution is 2.44. The van der Waals surface area contributed by atoms with Gasteiger partial charge in [0.1, 0.15) is 5.75 Å². The van der Waals surface area contributed by atoms with Gasteiger partial charge < -0.3 is 35.0 Å². The summed E-state index contributed by atoms with van der Waals surface area (Å²) in [5, 5.41) is 7.38. The van der Waals surface area contributed by atoms with Crippen LogP contribution in [-0.2, 0) is 20.6 Å². The topological polar surface area (TPSA) is 157 Å². The lowest BCUT2D eigenvalue weighted by atomic mass is 10.0. The number of rotatable bonds is 14. The monoisotopic (exact) mass is 980 g/mol. The molecule has 0 bridgehead atoms. The second-order valence-electron chi connectivity index (χ2n) is 16.3. The standard InChI is InChI=1S/C45H47F3N8O6S4/c1-5-36(57)53-12-16-55(17-13-53)40(60)29-22-35(25(2)20-31(29)45(46,47)48)64-42-32(51-44(66-42)52-39(59)27-6-7-27)10-11-37(58)54-14-18-56(19-15-54)41(61)30-23-34(26(3)21-33(30)62-4)63-38-24-49-43(65-38)50-28-8-9-28/h5,10-11,20-24,27-28H,1,6-9,12-19H2,2-4H3,(H,49,50)(H,51,52,59). The molecule has 4 aliphatic rings. The Hall–Kier alpha value is -5.38. The van der Waals surface area contributed by atoms with E-state index in [1.165, 1.54) is 42.1 Å². The number of thiazole rings is 2. The average molecular weight is 981 g/mol. The number of piperazine rings is 2. The molecule has 2 saturated heterocycles. The molecule has 0 spiro atoms. The molecule has 2 aliphatic carbocycles. The lowest BCUT2D eigenvalue weighted by Crippen LogP contribution is -2.50. The van der Waals surface area contributed by atoms with Crippen molar-refractivity contribution in [3.05, 3.63) is 82.7 Å². The number of hydrogen-bond acceptors (Lipinski definition) is 13. The van der Waals surface area contributed by atoms with E-state index in [-0.39, 0.29) is 92.6 Å². The summed E-state index contributed by atoms with van der Waals surface area (Å²) in [6, 6.07) is 6.37. The summed E-state index contributed by atoms with van der Waals surface area (Å²) in [5.74, 6) is -1.55. The summed E-state index contributed by atoms with van der Waals surface area (Å²) in [7, 11) is 1.53. The maximum atomic E-state index is 14.4. The first-order valence-corrected chi connectivity index (χ1v) is 24.6. The second kappa shape index (κ2) is 19.8. The number of nitrogens with zero attached hydrogens (tertiary/aromatic N) is 6. The van der Waals surface area contributed by atoms with Crippen LogP contribution in [0.25, 0.3) is 6.08 Å². The number of aryl methyl sites for hydroxylation is 2. The van der Waals surface area contributed by atoms with Crippen LogP contribution in [0.3, 0.4) is 0 Å². The van der Waals surface area contributed by atoms with Crippen LogP contribution in [0.15, 0.2) is 67.4 Å². The van der Waals surface area contributed by atoms with Crippen molar-refractivity contribution >= 4 is 92.1 Å². The fraction of sp³-hybridized carbons (Fsp3) is 0.400. The molecule has 348 valence electrons. The minimum absolute atomic E-state index is 0.0502. The molecule has 0 radical (unpaired) electrons. The SMILES string of the molecule is C=CC(=O)N1CCN(C(=O)c2cc(Sc3sc(NC(=O)C4CC4)nc3C=CC(=O)N3CCN(C(=O)c4cc(Sc5cnc(NC6CC6)s5)c(C)cc4OC)CC3)c(C)cc2C(F)(F)F)CC1. The van der Waals surface area contributed by atoms with E-state index in [0.29, 0.717) is 32.2 Å². The minimum Gasteiger partial charge on any atom is -0.496 e. The predicted octanol–water partition coefficient (Wildman–Crippen LogP) is 7.94. The predicted molar refractivity (Wildman–Crippen MR) is 249 cm³/mol. The number of anilines is 2. The number of halogens is 3. The Morgan fingerprint density at radius 1 is 0.788 bits per heavy atom. The van der Waals surface area contributed by atoms with Gasteiger partial charge in [0.2, 0.25) is 17.7 Å². The van der Waals surface area contributed by atoms with Gasteiger partial charge in [0, 0.05) is 80.2 Å². The highest BCUT2D eigenvalue weighted by molar-refractivity contribution is 8.01. The summed E-state index contributed by atoms with van der Waals surface area (Å²) in [4.78, 5) is 82.7. The maximum absolute atomic E-state index is 14.4. The van der Waals surface area contributed by atoms with E-state index in [4.69, 9.17) is 4.74 Å². The van der Waals surface area contributed by atoms with E-state index in [9.17, 15) is 37.1 Å². The summed E-state index contributed by atoms with van der Waals surface area (Å²) < 4.78 is 50.5. The van der Waals surface area contributed by atoms with Crippen LogP contribution in [0, 0.1) is 19.8 Å². The number of hydrogen-bond donors (Lipinski definition) is 2. The van der Waals surface area contributed by atoms with E-state index >= 15 is 0 Å². The quantitative estimate of drug-likeness (QED) is 0.118. The number of ether oxygens (including phenoxy) is 1. The van der Waals surface area contributed by atoms with Gasteiger partial charge in [0.25, 0.3) is 11.8 Å². The third kappa shape index (κ3) is 11.1. The van der Waals surface area contributed by atoms with Crippen molar-refractivity contribution in [2.24, 2.45) is 5.92 Å². The van der Waals surface area contributed by atoms with Gasteiger partial charge in [-0.2, -0.15) is 13.2 Å². The molecule has 21 heteroatoms. The Morgan fingerprint density at radius 2 is 1.38 bits per heavy atom. The second-order valence-corrected chi connectivity index (χ2v) is 21.0. The van der Waals surface area contributed by atoms with Crippen molar-refractivity contribution < 1.29 is 41.9 Å². The lowest BCUT2D eigenvalue weighted by Gasteiger charge is -2.34. The van der Waals surface area contributed by atoms with Gasteiger partial charge >= 0.3 is 6.18 Å². The average Bonchev–Trinajstić information content (AvgIpc) is 4.25. The van der Waals surface area contributed by atoms with Crippen LogP contribution >= 0.6 is 46.2 Å². The Kier molecular flexibility index (Phi) is 14.2. The molecule has 2 aromatic carbocycles. The van der Waals surface area contributed by atoms with Crippen molar-refractivity contribution in [1.29, 1.82) is 0 Å². The van der Waals surface area contributed by atoms with E-state index in [1.807, 2.05) is 25.3 Å². The Bertz CT molecular complexity index is 2590. The number of methoxy groups -OCH3 is 1. The van der Waals surface area contributed by atoms with Crippen LogP contribution in [0.4, 0.5) is 23.4 Å². The largest absolute Gasteiger partial charge is 0.496 e. The molecule has 2 aliphatic heterocycles. The van der Waals surface area contributed by atoms with Crippen LogP contribution in [-0.4, -0.2) is 125 Å². The van der Waals surface area contributed by atoms with Gasteiger partial charge in [-0.15, -0.1) is 0 Å². The van der Waals surface area contributed by atoms with Crippen molar-refractivity contribution in [3.63, 3.8) is 0 Å². The summed E-state index contributed by atoms with van der Waals surface area (Å²) >= 11 is 5.31.